The van der Waals surface area contributed by atoms with Crippen LogP contribution in [0.3, 0.4) is 0 Å². The minimum Gasteiger partial charge on any atom is -0.306 e. The lowest BCUT2D eigenvalue weighted by Gasteiger charge is -2.10. The molecule has 1 saturated heterocycles. The van der Waals surface area contributed by atoms with Crippen LogP contribution in [0.25, 0.3) is 0 Å². The third kappa shape index (κ3) is 2.58. The number of nitrogens with zero attached hydrogens (tertiary/aromatic N) is 1. The molecule has 1 fully saturated rings. The van der Waals surface area contributed by atoms with E-state index in [4.69, 9.17) is 0 Å². The third-order valence-electron chi connectivity index (χ3n) is 2.90. The second kappa shape index (κ2) is 4.45. The highest BCUT2D eigenvalue weighted by atomic mass is 79.9. The Morgan fingerprint density at radius 2 is 2.36 bits per heavy atom. The zero-order valence-corrected chi connectivity index (χ0v) is 10.1. The molecule has 0 saturated carbocycles. The van der Waals surface area contributed by atoms with Gasteiger partial charge in [0, 0.05) is 11.0 Å². The summed E-state index contributed by atoms with van der Waals surface area (Å²) in [4.78, 5) is 2.42. The molecule has 0 spiro atoms. The van der Waals surface area contributed by atoms with E-state index in [2.05, 4.69) is 52.1 Å². The first kappa shape index (κ1) is 10.2. The van der Waals surface area contributed by atoms with Crippen LogP contribution >= 0.6 is 15.9 Å². The van der Waals surface area contributed by atoms with Crippen LogP contribution in [0.5, 0.6) is 0 Å². The Morgan fingerprint density at radius 1 is 1.50 bits per heavy atom. The summed E-state index contributed by atoms with van der Waals surface area (Å²) in [6.07, 6.45) is 2.58. The van der Waals surface area contributed by atoms with Gasteiger partial charge in [-0.05, 0) is 50.0 Å². The Morgan fingerprint density at radius 3 is 3.00 bits per heavy atom. The molecule has 76 valence electrons. The molecule has 0 amide bonds. The molecule has 2 heteroatoms. The summed E-state index contributed by atoms with van der Waals surface area (Å²) in [5, 5.41) is 0. The number of hydrogen-bond acceptors (Lipinski definition) is 1. The van der Waals surface area contributed by atoms with Gasteiger partial charge in [0.05, 0.1) is 0 Å². The minimum absolute atomic E-state index is 0.856. The molecular weight excluding hydrogens is 238 g/mol. The SMILES string of the molecule is CN1CCC(Cc2cccc(Br)c2)C1. The molecule has 14 heavy (non-hydrogen) atoms. The van der Waals surface area contributed by atoms with Crippen molar-refractivity contribution in [1.29, 1.82) is 0 Å². The first-order chi connectivity index (χ1) is 6.74. The maximum atomic E-state index is 3.51. The lowest BCUT2D eigenvalue weighted by Crippen LogP contribution is -2.14. The molecule has 1 aliphatic rings. The minimum atomic E-state index is 0.856. The van der Waals surface area contributed by atoms with Gasteiger partial charge in [0.15, 0.2) is 0 Å². The number of benzene rings is 1. The Balaban J connectivity index is 1.97. The topological polar surface area (TPSA) is 3.24 Å². The van der Waals surface area contributed by atoms with Gasteiger partial charge in [0.2, 0.25) is 0 Å². The van der Waals surface area contributed by atoms with E-state index >= 15 is 0 Å². The van der Waals surface area contributed by atoms with E-state index in [1.165, 1.54) is 36.0 Å². The van der Waals surface area contributed by atoms with Crippen molar-refractivity contribution in [2.24, 2.45) is 5.92 Å². The van der Waals surface area contributed by atoms with Crippen molar-refractivity contribution in [3.05, 3.63) is 34.3 Å². The van der Waals surface area contributed by atoms with Crippen LogP contribution in [0, 0.1) is 5.92 Å². The van der Waals surface area contributed by atoms with E-state index in [1.807, 2.05) is 0 Å². The second-order valence-electron chi connectivity index (χ2n) is 4.25. The largest absolute Gasteiger partial charge is 0.306 e. The number of likely N-dealkylation sites (tertiary alicyclic amines) is 1. The van der Waals surface area contributed by atoms with Crippen molar-refractivity contribution in [3.8, 4) is 0 Å². The van der Waals surface area contributed by atoms with E-state index in [9.17, 15) is 0 Å². The van der Waals surface area contributed by atoms with Gasteiger partial charge < -0.3 is 4.90 Å². The number of rotatable bonds is 2. The van der Waals surface area contributed by atoms with Crippen LogP contribution in [0.2, 0.25) is 0 Å². The van der Waals surface area contributed by atoms with E-state index < -0.39 is 0 Å². The predicted octanol–water partition coefficient (Wildman–Crippen LogP) is 2.94. The van der Waals surface area contributed by atoms with Gasteiger partial charge in [-0.2, -0.15) is 0 Å². The quantitative estimate of drug-likeness (QED) is 0.784. The first-order valence-corrected chi connectivity index (χ1v) is 5.96. The standard InChI is InChI=1S/C12H16BrN/c1-14-6-5-11(9-14)7-10-3-2-4-12(13)8-10/h2-4,8,11H,5-7,9H2,1H3. The normalized spacial score (nSPS) is 22.9. The van der Waals surface area contributed by atoms with E-state index in [1.54, 1.807) is 0 Å². The highest BCUT2D eigenvalue weighted by Crippen LogP contribution is 2.21. The van der Waals surface area contributed by atoms with Crippen molar-refractivity contribution in [1.82, 2.24) is 4.90 Å². The zero-order valence-electron chi connectivity index (χ0n) is 8.54. The van der Waals surface area contributed by atoms with Crippen LogP contribution < -0.4 is 0 Å². The van der Waals surface area contributed by atoms with Gasteiger partial charge in [-0.1, -0.05) is 28.1 Å². The summed E-state index contributed by atoms with van der Waals surface area (Å²) in [6, 6.07) is 8.67. The molecule has 1 unspecified atom stereocenters. The summed E-state index contributed by atoms with van der Waals surface area (Å²) in [5.41, 5.74) is 1.46. The van der Waals surface area contributed by atoms with Crippen molar-refractivity contribution < 1.29 is 0 Å². The highest BCUT2D eigenvalue weighted by molar-refractivity contribution is 9.10. The lowest BCUT2D eigenvalue weighted by molar-refractivity contribution is 0.394. The number of hydrogen-bond donors (Lipinski definition) is 0. The third-order valence-corrected chi connectivity index (χ3v) is 3.40. The summed E-state index contributed by atoms with van der Waals surface area (Å²) < 4.78 is 1.20. The molecule has 1 atom stereocenters. The second-order valence-corrected chi connectivity index (χ2v) is 5.17. The van der Waals surface area contributed by atoms with Crippen molar-refractivity contribution >= 4 is 15.9 Å². The molecule has 0 N–H and O–H groups in total. The summed E-state index contributed by atoms with van der Waals surface area (Å²) in [7, 11) is 2.21. The molecular formula is C12H16BrN. The summed E-state index contributed by atoms with van der Waals surface area (Å²) in [6.45, 7) is 2.52. The van der Waals surface area contributed by atoms with Gasteiger partial charge in [-0.15, -0.1) is 0 Å². The number of halogens is 1. The van der Waals surface area contributed by atoms with Gasteiger partial charge in [-0.3, -0.25) is 0 Å². The van der Waals surface area contributed by atoms with Gasteiger partial charge in [0.25, 0.3) is 0 Å². The molecule has 1 aromatic carbocycles. The molecule has 1 heterocycles. The van der Waals surface area contributed by atoms with E-state index in [0.717, 1.165) is 5.92 Å². The Bertz CT molecular complexity index is 311. The monoisotopic (exact) mass is 253 g/mol. The van der Waals surface area contributed by atoms with Crippen LogP contribution in [0.4, 0.5) is 0 Å². The average Bonchev–Trinajstić information content (AvgIpc) is 2.51. The molecule has 0 aromatic heterocycles. The Hall–Kier alpha value is -0.340. The molecule has 0 bridgehead atoms. The fourth-order valence-corrected chi connectivity index (χ4v) is 2.64. The fourth-order valence-electron chi connectivity index (χ4n) is 2.19. The van der Waals surface area contributed by atoms with Crippen LogP contribution in [-0.2, 0) is 6.42 Å². The average molecular weight is 254 g/mol. The smallest absolute Gasteiger partial charge is 0.0177 e. The predicted molar refractivity (Wildman–Crippen MR) is 63.5 cm³/mol. The van der Waals surface area contributed by atoms with Gasteiger partial charge in [0.1, 0.15) is 0 Å². The van der Waals surface area contributed by atoms with E-state index in [-0.39, 0.29) is 0 Å². The van der Waals surface area contributed by atoms with Crippen LogP contribution in [0.15, 0.2) is 28.7 Å². The van der Waals surface area contributed by atoms with Crippen LogP contribution in [-0.4, -0.2) is 25.0 Å². The molecule has 0 aliphatic carbocycles. The summed E-state index contributed by atoms with van der Waals surface area (Å²) in [5.74, 6) is 0.856. The fraction of sp³-hybridized carbons (Fsp3) is 0.500. The molecule has 1 nitrogen and oxygen atoms in total. The Kier molecular flexibility index (Phi) is 3.24. The first-order valence-electron chi connectivity index (χ1n) is 5.17. The highest BCUT2D eigenvalue weighted by Gasteiger charge is 2.19. The van der Waals surface area contributed by atoms with Gasteiger partial charge in [-0.25, -0.2) is 0 Å². The molecule has 1 aromatic rings. The molecule has 0 radical (unpaired) electrons. The molecule has 1 aliphatic heterocycles. The van der Waals surface area contributed by atoms with E-state index in [0.29, 0.717) is 0 Å². The van der Waals surface area contributed by atoms with Crippen LogP contribution in [0.1, 0.15) is 12.0 Å². The molecule has 2 rings (SSSR count). The zero-order chi connectivity index (χ0) is 9.97. The van der Waals surface area contributed by atoms with Gasteiger partial charge >= 0.3 is 0 Å². The Labute approximate surface area is 94.2 Å². The van der Waals surface area contributed by atoms with Crippen molar-refractivity contribution in [2.45, 2.75) is 12.8 Å². The summed E-state index contributed by atoms with van der Waals surface area (Å²) >= 11 is 3.51. The van der Waals surface area contributed by atoms with Crippen molar-refractivity contribution in [3.63, 3.8) is 0 Å². The maximum absolute atomic E-state index is 3.51. The lowest BCUT2D eigenvalue weighted by atomic mass is 9.99. The maximum Gasteiger partial charge on any atom is 0.0177 e. The van der Waals surface area contributed by atoms with Crippen molar-refractivity contribution in [2.75, 3.05) is 20.1 Å².